The van der Waals surface area contributed by atoms with E-state index in [9.17, 15) is 18.4 Å². The first-order valence-corrected chi connectivity index (χ1v) is 9.08. The number of halogens is 2. The Morgan fingerprint density at radius 3 is 2.33 bits per heavy atom. The maximum atomic E-state index is 14.7. The van der Waals surface area contributed by atoms with Crippen LogP contribution in [-0.2, 0) is 19.1 Å². The number of nitrogens with zero attached hydrogens (tertiary/aromatic N) is 1. The molecule has 8 heteroatoms. The van der Waals surface area contributed by atoms with Gasteiger partial charge in [0.1, 0.15) is 0 Å². The van der Waals surface area contributed by atoms with E-state index < -0.39 is 23.5 Å². The van der Waals surface area contributed by atoms with Gasteiger partial charge in [-0.15, -0.1) is 0 Å². The fourth-order valence-electron chi connectivity index (χ4n) is 3.95. The Hall–Kier alpha value is -2.06. The van der Waals surface area contributed by atoms with E-state index in [-0.39, 0.29) is 42.2 Å². The number of hydrogen-bond acceptors (Lipinski definition) is 5. The van der Waals surface area contributed by atoms with E-state index in [0.717, 1.165) is 12.8 Å². The molecule has 1 aromatic rings. The van der Waals surface area contributed by atoms with Gasteiger partial charge in [-0.1, -0.05) is 6.07 Å². The zero-order valence-corrected chi connectivity index (χ0v) is 15.5. The number of hydrogen-bond donors (Lipinski definition) is 1. The summed E-state index contributed by atoms with van der Waals surface area (Å²) in [4.78, 5) is 25.0. The van der Waals surface area contributed by atoms with Crippen molar-refractivity contribution < 1.29 is 27.8 Å². The van der Waals surface area contributed by atoms with Gasteiger partial charge in [-0.3, -0.25) is 14.9 Å². The molecule has 2 aliphatic heterocycles. The first-order chi connectivity index (χ1) is 13.0. The van der Waals surface area contributed by atoms with E-state index in [2.05, 4.69) is 5.32 Å². The van der Waals surface area contributed by atoms with Crippen LogP contribution in [0.25, 0.3) is 0 Å². The monoisotopic (exact) mass is 382 g/mol. The molecule has 0 bridgehead atoms. The molecule has 148 valence electrons. The fraction of sp³-hybridized carbons (Fsp3) is 0.579. The molecule has 1 atom stereocenters. The van der Waals surface area contributed by atoms with Gasteiger partial charge in [-0.05, 0) is 25.3 Å². The summed E-state index contributed by atoms with van der Waals surface area (Å²) < 4.78 is 40.0. The van der Waals surface area contributed by atoms with Crippen LogP contribution in [0.15, 0.2) is 12.1 Å². The van der Waals surface area contributed by atoms with Crippen molar-refractivity contribution in [2.24, 2.45) is 5.92 Å². The van der Waals surface area contributed by atoms with Gasteiger partial charge in [0.05, 0.1) is 11.6 Å². The van der Waals surface area contributed by atoms with Gasteiger partial charge in [0, 0.05) is 45.2 Å². The Morgan fingerprint density at radius 1 is 1.07 bits per heavy atom. The summed E-state index contributed by atoms with van der Waals surface area (Å²) in [6, 6.07) is 2.97. The maximum Gasteiger partial charge on any atom is 0.234 e. The summed E-state index contributed by atoms with van der Waals surface area (Å²) in [7, 11) is 3.17. The van der Waals surface area contributed by atoms with Gasteiger partial charge in [0.25, 0.3) is 0 Å². The molecule has 0 unspecified atom stereocenters. The SMILES string of the molecule is COC(OC)C1CCN(c2ccc([C@@H]3CCC(=O)NC3=O)c(F)c2F)CC1. The minimum Gasteiger partial charge on any atom is -0.369 e. The van der Waals surface area contributed by atoms with E-state index >= 15 is 0 Å². The van der Waals surface area contributed by atoms with Crippen LogP contribution in [0.1, 0.15) is 37.2 Å². The number of imide groups is 1. The molecular formula is C19H24F2N2O4. The van der Waals surface area contributed by atoms with Gasteiger partial charge in [-0.2, -0.15) is 0 Å². The van der Waals surface area contributed by atoms with Crippen molar-refractivity contribution in [2.45, 2.75) is 37.9 Å². The number of anilines is 1. The molecule has 0 aromatic heterocycles. The smallest absolute Gasteiger partial charge is 0.234 e. The maximum absolute atomic E-state index is 14.7. The summed E-state index contributed by atoms with van der Waals surface area (Å²) in [5.41, 5.74) is 0.184. The summed E-state index contributed by atoms with van der Waals surface area (Å²) in [6.45, 7) is 1.12. The number of amides is 2. The van der Waals surface area contributed by atoms with Gasteiger partial charge in [-0.25, -0.2) is 8.78 Å². The minimum absolute atomic E-state index is 0.00466. The average Bonchev–Trinajstić information content (AvgIpc) is 2.66. The number of benzene rings is 1. The first-order valence-electron chi connectivity index (χ1n) is 9.08. The van der Waals surface area contributed by atoms with Crippen LogP contribution in [0.5, 0.6) is 0 Å². The largest absolute Gasteiger partial charge is 0.369 e. The molecule has 6 nitrogen and oxygen atoms in total. The highest BCUT2D eigenvalue weighted by Gasteiger charge is 2.33. The molecule has 2 fully saturated rings. The molecule has 0 aliphatic carbocycles. The lowest BCUT2D eigenvalue weighted by molar-refractivity contribution is -0.141. The quantitative estimate of drug-likeness (QED) is 0.625. The molecule has 0 spiro atoms. The lowest BCUT2D eigenvalue weighted by Crippen LogP contribution is -2.40. The molecule has 27 heavy (non-hydrogen) atoms. The Balaban J connectivity index is 1.74. The molecule has 2 saturated heterocycles. The van der Waals surface area contributed by atoms with Gasteiger partial charge in [0.15, 0.2) is 17.9 Å². The predicted octanol–water partition coefficient (Wildman–Crippen LogP) is 2.32. The predicted molar refractivity (Wildman–Crippen MR) is 94.2 cm³/mol. The van der Waals surface area contributed by atoms with Crippen molar-refractivity contribution in [3.05, 3.63) is 29.3 Å². The van der Waals surface area contributed by atoms with Crippen molar-refractivity contribution in [2.75, 3.05) is 32.2 Å². The van der Waals surface area contributed by atoms with Crippen LogP contribution in [-0.4, -0.2) is 45.4 Å². The summed E-state index contributed by atoms with van der Waals surface area (Å²) in [5, 5.41) is 2.18. The van der Waals surface area contributed by atoms with E-state index in [1.54, 1.807) is 19.1 Å². The average molecular weight is 382 g/mol. The highest BCUT2D eigenvalue weighted by molar-refractivity contribution is 6.01. The van der Waals surface area contributed by atoms with Crippen LogP contribution in [0.4, 0.5) is 14.5 Å². The van der Waals surface area contributed by atoms with E-state index in [1.165, 1.54) is 12.1 Å². The molecular weight excluding hydrogens is 358 g/mol. The topological polar surface area (TPSA) is 67.9 Å². The fourth-order valence-corrected chi connectivity index (χ4v) is 3.95. The van der Waals surface area contributed by atoms with Gasteiger partial charge in [0.2, 0.25) is 11.8 Å². The second-order valence-corrected chi connectivity index (χ2v) is 6.97. The summed E-state index contributed by atoms with van der Waals surface area (Å²) in [6.07, 6.45) is 1.47. The van der Waals surface area contributed by atoms with Crippen LogP contribution in [0, 0.1) is 17.6 Å². The third-order valence-electron chi connectivity index (χ3n) is 5.44. The number of nitrogens with one attached hydrogen (secondary N) is 1. The highest BCUT2D eigenvalue weighted by Crippen LogP contribution is 2.34. The molecule has 2 heterocycles. The Morgan fingerprint density at radius 2 is 1.74 bits per heavy atom. The lowest BCUT2D eigenvalue weighted by Gasteiger charge is -2.36. The third-order valence-corrected chi connectivity index (χ3v) is 5.44. The Kier molecular flexibility index (Phi) is 6.06. The van der Waals surface area contributed by atoms with Crippen LogP contribution in [0.2, 0.25) is 0 Å². The lowest BCUT2D eigenvalue weighted by atomic mass is 9.89. The normalized spacial score (nSPS) is 21.7. The second kappa shape index (κ2) is 8.31. The van der Waals surface area contributed by atoms with E-state index in [4.69, 9.17) is 9.47 Å². The summed E-state index contributed by atoms with van der Waals surface area (Å²) in [5.74, 6) is -3.58. The number of piperidine rings is 2. The molecule has 0 saturated carbocycles. The van der Waals surface area contributed by atoms with Crippen LogP contribution in [0.3, 0.4) is 0 Å². The van der Waals surface area contributed by atoms with E-state index in [0.29, 0.717) is 13.1 Å². The van der Waals surface area contributed by atoms with E-state index in [1.807, 2.05) is 0 Å². The van der Waals surface area contributed by atoms with Crippen LogP contribution < -0.4 is 10.2 Å². The van der Waals surface area contributed by atoms with Crippen LogP contribution >= 0.6 is 0 Å². The summed E-state index contributed by atoms with van der Waals surface area (Å²) >= 11 is 0. The molecule has 2 amide bonds. The molecule has 0 radical (unpaired) electrons. The zero-order valence-electron chi connectivity index (χ0n) is 15.5. The van der Waals surface area contributed by atoms with Crippen molar-refractivity contribution in [3.8, 4) is 0 Å². The molecule has 1 aromatic carbocycles. The zero-order chi connectivity index (χ0) is 19.6. The number of carbonyl (C=O) groups excluding carboxylic acids is 2. The molecule has 2 aliphatic rings. The van der Waals surface area contributed by atoms with Crippen molar-refractivity contribution in [1.82, 2.24) is 5.32 Å². The molecule has 3 rings (SSSR count). The van der Waals surface area contributed by atoms with Crippen molar-refractivity contribution in [3.63, 3.8) is 0 Å². The Bertz CT molecular complexity index is 716. The third kappa shape index (κ3) is 3.96. The second-order valence-electron chi connectivity index (χ2n) is 6.97. The van der Waals surface area contributed by atoms with Gasteiger partial charge >= 0.3 is 0 Å². The van der Waals surface area contributed by atoms with Crippen molar-refractivity contribution in [1.29, 1.82) is 0 Å². The van der Waals surface area contributed by atoms with Crippen molar-refractivity contribution >= 4 is 17.5 Å². The number of carbonyl (C=O) groups is 2. The standard InChI is InChI=1S/C19H24F2N2O4/c1-26-19(27-2)11-7-9-23(10-8-11)14-5-3-12(16(20)17(14)21)13-4-6-15(24)22-18(13)25/h3,5,11,13,19H,4,6-10H2,1-2H3,(H,22,24,25)/t13-/m0/s1. The molecule has 1 N–H and O–H groups in total. The van der Waals surface area contributed by atoms with Gasteiger partial charge < -0.3 is 14.4 Å². The highest BCUT2D eigenvalue weighted by atomic mass is 19.2. The number of methoxy groups -OCH3 is 2. The first kappa shape index (κ1) is 19.7. The minimum atomic E-state index is -1.02. The number of ether oxygens (including phenoxy) is 2. The number of rotatable bonds is 5. The Labute approximate surface area is 156 Å².